The van der Waals surface area contributed by atoms with Crippen LogP contribution in [-0.2, 0) is 16.6 Å². The van der Waals surface area contributed by atoms with Crippen LogP contribution in [0, 0.1) is 0 Å². The van der Waals surface area contributed by atoms with Crippen LogP contribution in [0.25, 0.3) is 0 Å². The molecule has 0 spiro atoms. The Hall–Kier alpha value is -2.32. The zero-order valence-electron chi connectivity index (χ0n) is 13.9. The maximum Gasteiger partial charge on any atom is 0.275 e. The predicted octanol–water partition coefficient (Wildman–Crippen LogP) is 2.32. The Morgan fingerprint density at radius 3 is 2.46 bits per heavy atom. The third-order valence-corrected chi connectivity index (χ3v) is 5.00. The van der Waals surface area contributed by atoms with Crippen molar-refractivity contribution in [2.45, 2.75) is 18.6 Å². The van der Waals surface area contributed by atoms with Crippen molar-refractivity contribution in [3.63, 3.8) is 0 Å². The molecule has 2 aromatic rings. The van der Waals surface area contributed by atoms with Crippen molar-refractivity contribution in [2.24, 2.45) is 0 Å². The van der Waals surface area contributed by atoms with E-state index in [-0.39, 0.29) is 17.5 Å². The summed E-state index contributed by atoms with van der Waals surface area (Å²) in [6.45, 7) is 1.49. The van der Waals surface area contributed by atoms with Gasteiger partial charge in [0, 0.05) is 19.7 Å². The molecule has 0 saturated carbocycles. The molecule has 130 valence electrons. The minimum atomic E-state index is -3.62. The number of nitrogens with zero attached hydrogens (tertiary/aromatic N) is 1. The summed E-state index contributed by atoms with van der Waals surface area (Å²) in [6.07, 6.45) is 0. The molecule has 1 heterocycles. The highest BCUT2D eigenvalue weighted by molar-refractivity contribution is 7.88. The lowest BCUT2D eigenvalue weighted by Crippen LogP contribution is -2.21. The molecule has 0 aliphatic heterocycles. The van der Waals surface area contributed by atoms with Gasteiger partial charge in [-0.15, -0.1) is 0 Å². The zero-order valence-corrected chi connectivity index (χ0v) is 14.7. The fraction of sp³-hybridized carbons (Fsp3) is 0.312. The van der Waals surface area contributed by atoms with E-state index >= 15 is 0 Å². The van der Waals surface area contributed by atoms with Crippen molar-refractivity contribution < 1.29 is 27.1 Å². The number of furan rings is 1. The number of methoxy groups -OCH3 is 1. The van der Waals surface area contributed by atoms with Gasteiger partial charge in [-0.2, -0.15) is 0 Å². The molecule has 0 fully saturated rings. The number of rotatable bonds is 7. The van der Waals surface area contributed by atoms with Crippen LogP contribution in [0.15, 0.2) is 39.8 Å². The topological polar surface area (TPSA) is 86.0 Å². The van der Waals surface area contributed by atoms with Crippen LogP contribution in [0.1, 0.15) is 23.0 Å². The van der Waals surface area contributed by atoms with Crippen molar-refractivity contribution in [3.8, 4) is 11.5 Å². The van der Waals surface area contributed by atoms with Crippen LogP contribution >= 0.6 is 0 Å². The Morgan fingerprint density at radius 2 is 1.88 bits per heavy atom. The van der Waals surface area contributed by atoms with Crippen molar-refractivity contribution in [1.29, 1.82) is 0 Å². The summed E-state index contributed by atoms with van der Waals surface area (Å²) in [5, 5.41) is -0.148. The normalized spacial score (nSPS) is 11.5. The lowest BCUT2D eigenvalue weighted by atomic mass is 10.1. The van der Waals surface area contributed by atoms with E-state index in [1.807, 2.05) is 0 Å². The standard InChI is InChI=1S/C16H19NO6S/c1-11(18)12-5-7-14(15(9-12)21-4)22-10-13-6-8-16(23-13)24(19,20)17(2)3/h5-9H,10H2,1-4H3. The molecule has 0 saturated heterocycles. The number of carbonyl (C=O) groups is 1. The van der Waals surface area contributed by atoms with Gasteiger partial charge >= 0.3 is 0 Å². The quantitative estimate of drug-likeness (QED) is 0.710. The fourth-order valence-corrected chi connectivity index (χ4v) is 2.72. The largest absolute Gasteiger partial charge is 0.493 e. The summed E-state index contributed by atoms with van der Waals surface area (Å²) in [5.74, 6) is 1.11. The van der Waals surface area contributed by atoms with Gasteiger partial charge in [0.2, 0.25) is 5.09 Å². The van der Waals surface area contributed by atoms with Crippen LogP contribution < -0.4 is 9.47 Å². The van der Waals surface area contributed by atoms with E-state index in [1.54, 1.807) is 18.2 Å². The first-order valence-corrected chi connectivity index (χ1v) is 8.52. The third-order valence-electron chi connectivity index (χ3n) is 3.31. The van der Waals surface area contributed by atoms with Gasteiger partial charge in [-0.05, 0) is 37.3 Å². The maximum atomic E-state index is 12.0. The Balaban J connectivity index is 2.15. The lowest BCUT2D eigenvalue weighted by molar-refractivity contribution is 0.101. The summed E-state index contributed by atoms with van der Waals surface area (Å²) < 4.78 is 41.1. The number of carbonyl (C=O) groups excluding carboxylic acids is 1. The molecule has 2 rings (SSSR count). The highest BCUT2D eigenvalue weighted by atomic mass is 32.2. The Labute approximate surface area is 140 Å². The van der Waals surface area contributed by atoms with E-state index in [4.69, 9.17) is 13.9 Å². The molecule has 0 atom stereocenters. The highest BCUT2D eigenvalue weighted by Gasteiger charge is 2.21. The minimum absolute atomic E-state index is 0.0265. The van der Waals surface area contributed by atoms with E-state index < -0.39 is 10.0 Å². The summed E-state index contributed by atoms with van der Waals surface area (Å²) >= 11 is 0. The van der Waals surface area contributed by atoms with Gasteiger partial charge < -0.3 is 13.9 Å². The van der Waals surface area contributed by atoms with Crippen LogP contribution in [0.3, 0.4) is 0 Å². The molecule has 0 aliphatic rings. The first-order valence-electron chi connectivity index (χ1n) is 7.08. The Kier molecular flexibility index (Phi) is 5.30. The van der Waals surface area contributed by atoms with Gasteiger partial charge in [0.05, 0.1) is 7.11 Å². The van der Waals surface area contributed by atoms with E-state index in [9.17, 15) is 13.2 Å². The fourth-order valence-electron chi connectivity index (χ4n) is 1.91. The van der Waals surface area contributed by atoms with E-state index in [0.717, 1.165) is 4.31 Å². The highest BCUT2D eigenvalue weighted by Crippen LogP contribution is 2.29. The molecule has 0 N–H and O–H groups in total. The van der Waals surface area contributed by atoms with Gasteiger partial charge in [0.1, 0.15) is 12.4 Å². The smallest absolute Gasteiger partial charge is 0.275 e. The maximum absolute atomic E-state index is 12.0. The SMILES string of the molecule is COc1cc(C(C)=O)ccc1OCc1ccc(S(=O)(=O)N(C)C)o1. The number of Topliss-reactive ketones (excluding diaryl/α,β-unsaturated/α-hetero) is 1. The first-order chi connectivity index (χ1) is 11.3. The van der Waals surface area contributed by atoms with Gasteiger partial charge in [-0.1, -0.05) is 0 Å². The van der Waals surface area contributed by atoms with Crippen LogP contribution in [0.4, 0.5) is 0 Å². The number of hydrogen-bond acceptors (Lipinski definition) is 6. The summed E-state index contributed by atoms with van der Waals surface area (Å²) in [6, 6.07) is 7.75. The number of hydrogen-bond donors (Lipinski definition) is 0. The third kappa shape index (κ3) is 3.77. The predicted molar refractivity (Wildman–Crippen MR) is 86.9 cm³/mol. The molecule has 0 unspecified atom stereocenters. The molecule has 0 amide bonds. The van der Waals surface area contributed by atoms with Crippen LogP contribution in [-0.4, -0.2) is 39.7 Å². The second-order valence-corrected chi connectivity index (χ2v) is 7.30. The van der Waals surface area contributed by atoms with Gasteiger partial charge in [-0.25, -0.2) is 12.7 Å². The van der Waals surface area contributed by atoms with E-state index in [0.29, 0.717) is 22.8 Å². The average Bonchev–Trinajstić information content (AvgIpc) is 3.02. The molecule has 8 heteroatoms. The molecule has 1 aromatic carbocycles. The molecule has 1 aromatic heterocycles. The Bertz CT molecular complexity index is 838. The van der Waals surface area contributed by atoms with Gasteiger partial charge in [0.25, 0.3) is 10.0 Å². The van der Waals surface area contributed by atoms with Gasteiger partial charge in [-0.3, -0.25) is 4.79 Å². The zero-order chi connectivity index (χ0) is 17.9. The lowest BCUT2D eigenvalue weighted by Gasteiger charge is -2.11. The van der Waals surface area contributed by atoms with Gasteiger partial charge in [0.15, 0.2) is 17.3 Å². The molecule has 7 nitrogen and oxygen atoms in total. The number of benzene rings is 1. The second-order valence-electron chi connectivity index (χ2n) is 5.22. The van der Waals surface area contributed by atoms with Crippen molar-refractivity contribution >= 4 is 15.8 Å². The average molecular weight is 353 g/mol. The first kappa shape index (κ1) is 18.0. The van der Waals surface area contributed by atoms with E-state index in [1.165, 1.54) is 40.3 Å². The molecule has 24 heavy (non-hydrogen) atoms. The number of ether oxygens (including phenoxy) is 2. The summed E-state index contributed by atoms with van der Waals surface area (Å²) in [4.78, 5) is 11.4. The van der Waals surface area contributed by atoms with Crippen molar-refractivity contribution in [3.05, 3.63) is 41.7 Å². The molecular weight excluding hydrogens is 334 g/mol. The molecule has 0 aliphatic carbocycles. The Morgan fingerprint density at radius 1 is 1.17 bits per heavy atom. The molecular formula is C16H19NO6S. The monoisotopic (exact) mass is 353 g/mol. The summed E-state index contributed by atoms with van der Waals surface area (Å²) in [5.41, 5.74) is 0.511. The van der Waals surface area contributed by atoms with E-state index in [2.05, 4.69) is 0 Å². The molecule has 0 bridgehead atoms. The van der Waals surface area contributed by atoms with Crippen molar-refractivity contribution in [1.82, 2.24) is 4.31 Å². The summed E-state index contributed by atoms with van der Waals surface area (Å²) in [7, 11) is 0.707. The van der Waals surface area contributed by atoms with Crippen molar-refractivity contribution in [2.75, 3.05) is 21.2 Å². The second kappa shape index (κ2) is 7.06. The number of sulfonamides is 1. The minimum Gasteiger partial charge on any atom is -0.493 e. The molecule has 0 radical (unpaired) electrons. The van der Waals surface area contributed by atoms with Crippen LogP contribution in [0.2, 0.25) is 0 Å². The number of ketones is 1. The van der Waals surface area contributed by atoms with Crippen LogP contribution in [0.5, 0.6) is 11.5 Å².